The van der Waals surface area contributed by atoms with E-state index >= 15 is 0 Å². The number of quaternary nitrogens is 1. The van der Waals surface area contributed by atoms with Gasteiger partial charge in [-0.3, -0.25) is 0 Å². The zero-order valence-electron chi connectivity index (χ0n) is 10.8. The van der Waals surface area contributed by atoms with Crippen molar-refractivity contribution < 1.29 is 18.8 Å². The molecule has 0 N–H and O–H groups in total. The maximum Gasteiger partial charge on any atom is 0.525 e. The lowest BCUT2D eigenvalue weighted by Gasteiger charge is -2.28. The first-order valence-corrected chi connectivity index (χ1v) is 6.74. The maximum atomic E-state index is 12.2. The summed E-state index contributed by atoms with van der Waals surface area (Å²) < 4.78 is 4.88. The third kappa shape index (κ3) is 2.65. The Balaban J connectivity index is 2.07. The molecule has 1 heterocycles. The fourth-order valence-corrected chi connectivity index (χ4v) is 2.84. The van der Waals surface area contributed by atoms with Crippen molar-refractivity contribution in [2.24, 2.45) is 0 Å². The molecular formula is C14H17ClNO3+. The van der Waals surface area contributed by atoms with Crippen molar-refractivity contribution in [2.45, 2.75) is 32.4 Å². The number of nitrogens with zero attached hydrogens (tertiary/aromatic N) is 1. The molecule has 19 heavy (non-hydrogen) atoms. The van der Waals surface area contributed by atoms with Gasteiger partial charge in [-0.05, 0) is 12.5 Å². The van der Waals surface area contributed by atoms with Crippen molar-refractivity contribution in [3.8, 4) is 0 Å². The average molecular weight is 283 g/mol. The van der Waals surface area contributed by atoms with E-state index in [1.54, 1.807) is 0 Å². The molecule has 1 aromatic carbocycles. The monoisotopic (exact) mass is 282 g/mol. The molecule has 0 radical (unpaired) electrons. The molecule has 102 valence electrons. The van der Waals surface area contributed by atoms with E-state index in [1.165, 1.54) is 0 Å². The van der Waals surface area contributed by atoms with Crippen LogP contribution in [-0.4, -0.2) is 28.5 Å². The van der Waals surface area contributed by atoms with Gasteiger partial charge >= 0.3 is 11.5 Å². The predicted octanol–water partition coefficient (Wildman–Crippen LogP) is 3.68. The van der Waals surface area contributed by atoms with Gasteiger partial charge in [-0.25, -0.2) is 4.79 Å². The Labute approximate surface area is 117 Å². The summed E-state index contributed by atoms with van der Waals surface area (Å²) in [6.45, 7) is 2.45. The van der Waals surface area contributed by atoms with Gasteiger partial charge in [0, 0.05) is 24.4 Å². The van der Waals surface area contributed by atoms with Gasteiger partial charge in [-0.1, -0.05) is 30.3 Å². The quantitative estimate of drug-likeness (QED) is 0.472. The number of carbonyl (C=O) groups is 2. The first-order chi connectivity index (χ1) is 9.07. The maximum absolute atomic E-state index is 12.2. The highest BCUT2D eigenvalue weighted by Crippen LogP contribution is 2.30. The van der Waals surface area contributed by atoms with Crippen LogP contribution in [0.1, 0.15) is 25.3 Å². The minimum Gasteiger partial charge on any atom is -0.415 e. The first-order valence-electron chi connectivity index (χ1n) is 6.36. The van der Waals surface area contributed by atoms with E-state index in [1.807, 2.05) is 37.3 Å². The van der Waals surface area contributed by atoms with E-state index < -0.39 is 15.9 Å². The number of ether oxygens (including phenoxy) is 1. The Bertz CT molecular complexity index is 477. The number of amides is 2. The summed E-state index contributed by atoms with van der Waals surface area (Å²) in [6.07, 6.45) is 1.06. The third-order valence-corrected chi connectivity index (χ3v) is 4.03. The van der Waals surface area contributed by atoms with Crippen LogP contribution in [0.2, 0.25) is 0 Å². The minimum absolute atomic E-state index is 0.117. The van der Waals surface area contributed by atoms with Crippen LogP contribution in [-0.2, 0) is 11.3 Å². The highest BCUT2D eigenvalue weighted by molar-refractivity contribution is 6.61. The summed E-state index contributed by atoms with van der Waals surface area (Å²) in [6, 6.07) is 9.26. The zero-order valence-corrected chi connectivity index (χ0v) is 11.6. The van der Waals surface area contributed by atoms with Crippen molar-refractivity contribution in [3.63, 3.8) is 0 Å². The Morgan fingerprint density at radius 3 is 2.58 bits per heavy atom. The van der Waals surface area contributed by atoms with Crippen LogP contribution in [0.5, 0.6) is 0 Å². The molecule has 2 atom stereocenters. The van der Waals surface area contributed by atoms with E-state index in [0.717, 1.165) is 18.4 Å². The molecule has 1 unspecified atom stereocenters. The van der Waals surface area contributed by atoms with E-state index in [9.17, 15) is 9.59 Å². The number of imide groups is 1. The van der Waals surface area contributed by atoms with Gasteiger partial charge < -0.3 is 4.74 Å². The molecule has 0 aromatic heterocycles. The van der Waals surface area contributed by atoms with Crippen LogP contribution >= 0.6 is 11.6 Å². The molecular weight excluding hydrogens is 266 g/mol. The second kappa shape index (κ2) is 5.72. The number of benzene rings is 1. The minimum atomic E-state index is -0.650. The second-order valence-electron chi connectivity index (χ2n) is 4.88. The molecule has 0 bridgehead atoms. The molecule has 1 fully saturated rings. The second-order valence-corrected chi connectivity index (χ2v) is 5.20. The van der Waals surface area contributed by atoms with Gasteiger partial charge in [-0.15, -0.1) is 4.48 Å². The summed E-state index contributed by atoms with van der Waals surface area (Å²) in [5.41, 5.74) is 0.892. The van der Waals surface area contributed by atoms with Crippen molar-refractivity contribution in [1.82, 2.24) is 0 Å². The van der Waals surface area contributed by atoms with Gasteiger partial charge in [0.25, 0.3) is 0 Å². The largest absolute Gasteiger partial charge is 0.525 e. The number of hydrogen-bond donors (Lipinski definition) is 0. The molecule has 0 saturated carbocycles. The van der Waals surface area contributed by atoms with Crippen LogP contribution in [0.15, 0.2) is 30.3 Å². The van der Waals surface area contributed by atoms with E-state index in [4.69, 9.17) is 16.3 Å². The average Bonchev–Trinajstić information content (AvgIpc) is 2.80. The molecule has 0 spiro atoms. The smallest absolute Gasteiger partial charge is 0.415 e. The summed E-state index contributed by atoms with van der Waals surface area (Å²) >= 11 is 5.64. The molecule has 5 heteroatoms. The lowest BCUT2D eigenvalue weighted by molar-refractivity contribution is -0.782. The number of rotatable bonds is 2. The Morgan fingerprint density at radius 1 is 1.37 bits per heavy atom. The van der Waals surface area contributed by atoms with Crippen molar-refractivity contribution in [1.29, 1.82) is 0 Å². The van der Waals surface area contributed by atoms with Crippen LogP contribution in [0.3, 0.4) is 0 Å². The highest BCUT2D eigenvalue weighted by atomic mass is 35.5. The van der Waals surface area contributed by atoms with Crippen LogP contribution in [0.25, 0.3) is 0 Å². The number of hydrogen-bond acceptors (Lipinski definition) is 3. The SMILES string of the molecule is C[C@@H]1CCC[N+]1(C(=O)Cl)C(=O)OCc1ccccc1. The van der Waals surface area contributed by atoms with Gasteiger partial charge in [0.2, 0.25) is 0 Å². The molecule has 4 nitrogen and oxygen atoms in total. The highest BCUT2D eigenvalue weighted by Gasteiger charge is 2.53. The van der Waals surface area contributed by atoms with Crippen LogP contribution < -0.4 is 0 Å². The molecule has 1 aliphatic heterocycles. The Morgan fingerprint density at radius 2 is 2.05 bits per heavy atom. The van der Waals surface area contributed by atoms with Gasteiger partial charge in [-0.2, -0.15) is 4.79 Å². The zero-order chi connectivity index (χ0) is 13.9. The number of carbonyl (C=O) groups excluding carboxylic acids is 2. The predicted molar refractivity (Wildman–Crippen MR) is 71.7 cm³/mol. The number of halogens is 1. The molecule has 1 aliphatic rings. The molecule has 1 aromatic rings. The Hall–Kier alpha value is -1.39. The molecule has 2 rings (SSSR count). The lowest BCUT2D eigenvalue weighted by Crippen LogP contribution is -2.56. The normalized spacial score (nSPS) is 26.1. The molecule has 1 saturated heterocycles. The standard InChI is InChI=1S/C14H17ClNO3/c1-11-6-5-9-16(11,13(15)17)14(18)19-10-12-7-3-2-4-8-12/h2-4,7-8,11H,5-6,9-10H2,1H3/q+1/t11-,16?/m1/s1. The van der Waals surface area contributed by atoms with Gasteiger partial charge in [0.1, 0.15) is 12.6 Å². The third-order valence-electron chi connectivity index (χ3n) is 3.73. The van der Waals surface area contributed by atoms with Gasteiger partial charge in [0.05, 0.1) is 6.54 Å². The summed E-state index contributed by atoms with van der Waals surface area (Å²) in [4.78, 5) is 23.9. The van der Waals surface area contributed by atoms with Crippen molar-refractivity contribution in [2.75, 3.05) is 6.54 Å². The first kappa shape index (κ1) is 14.0. The van der Waals surface area contributed by atoms with Gasteiger partial charge in [0.15, 0.2) is 0 Å². The lowest BCUT2D eigenvalue weighted by atomic mass is 10.2. The van der Waals surface area contributed by atoms with E-state index in [0.29, 0.717) is 6.54 Å². The number of likely N-dealkylation sites (tertiary alicyclic amines) is 1. The summed E-state index contributed by atoms with van der Waals surface area (Å²) in [5, 5.41) is -0.650. The summed E-state index contributed by atoms with van der Waals surface area (Å²) in [5.74, 6) is 0. The summed E-state index contributed by atoms with van der Waals surface area (Å²) in [7, 11) is 0. The fraction of sp³-hybridized carbons (Fsp3) is 0.429. The van der Waals surface area contributed by atoms with E-state index in [-0.39, 0.29) is 12.6 Å². The molecule has 2 amide bonds. The van der Waals surface area contributed by atoms with E-state index in [2.05, 4.69) is 0 Å². The Kier molecular flexibility index (Phi) is 4.22. The van der Waals surface area contributed by atoms with Crippen molar-refractivity contribution >= 4 is 23.1 Å². The molecule has 0 aliphatic carbocycles. The van der Waals surface area contributed by atoms with Crippen LogP contribution in [0.4, 0.5) is 9.59 Å². The topological polar surface area (TPSA) is 43.4 Å². The van der Waals surface area contributed by atoms with Crippen LogP contribution in [0, 0.1) is 0 Å². The fourth-order valence-electron chi connectivity index (χ4n) is 2.52. The van der Waals surface area contributed by atoms with Crippen molar-refractivity contribution in [3.05, 3.63) is 35.9 Å².